The molecule has 0 aliphatic carbocycles. The summed E-state index contributed by atoms with van der Waals surface area (Å²) in [7, 11) is 0. The van der Waals surface area contributed by atoms with Crippen molar-refractivity contribution in [2.75, 3.05) is 19.8 Å². The van der Waals surface area contributed by atoms with Crippen LogP contribution in [0.5, 0.6) is 0 Å². The van der Waals surface area contributed by atoms with Gasteiger partial charge in [-0.1, -0.05) is 50.6 Å². The quantitative estimate of drug-likeness (QED) is 0.616. The second-order valence-electron chi connectivity index (χ2n) is 5.68. The van der Waals surface area contributed by atoms with Crippen molar-refractivity contribution in [1.29, 1.82) is 0 Å². The van der Waals surface area contributed by atoms with Gasteiger partial charge in [-0.25, -0.2) is 0 Å². The van der Waals surface area contributed by atoms with Gasteiger partial charge in [-0.2, -0.15) is 0 Å². The van der Waals surface area contributed by atoms with Crippen molar-refractivity contribution in [3.8, 4) is 0 Å². The van der Waals surface area contributed by atoms with Crippen LogP contribution in [-0.4, -0.2) is 25.8 Å². The molecule has 2 atom stereocenters. The summed E-state index contributed by atoms with van der Waals surface area (Å²) in [4.78, 5) is 0. The molecule has 1 aromatic carbocycles. The molecule has 0 heterocycles. The maximum atomic E-state index is 5.69. The van der Waals surface area contributed by atoms with Gasteiger partial charge in [0.1, 0.15) is 0 Å². The Balaban J connectivity index is 1.90. The minimum Gasteiger partial charge on any atom is -0.381 e. The van der Waals surface area contributed by atoms with Crippen LogP contribution in [0.3, 0.4) is 0 Å². The molecule has 0 aliphatic heterocycles. The van der Waals surface area contributed by atoms with Crippen molar-refractivity contribution in [3.05, 3.63) is 35.9 Å². The average molecular weight is 277 g/mol. The molecule has 20 heavy (non-hydrogen) atoms. The van der Waals surface area contributed by atoms with Crippen molar-refractivity contribution in [2.45, 2.75) is 52.5 Å². The maximum absolute atomic E-state index is 5.69. The Morgan fingerprint density at radius 1 is 1.05 bits per heavy atom. The van der Waals surface area contributed by atoms with E-state index in [9.17, 15) is 0 Å². The van der Waals surface area contributed by atoms with Gasteiger partial charge in [0.05, 0.1) is 6.61 Å². The standard InChI is InChI=1S/C18H31NO/c1-4-16(2)17(3)19-13-8-9-14-20-15-12-18-10-6-5-7-11-18/h5-7,10-11,16-17,19H,4,8-9,12-15H2,1-3H3/t16-,17+/m0/s1. The molecule has 0 fully saturated rings. The number of ether oxygens (including phenoxy) is 1. The van der Waals surface area contributed by atoms with Gasteiger partial charge in [-0.05, 0) is 44.2 Å². The van der Waals surface area contributed by atoms with E-state index in [1.165, 1.54) is 18.4 Å². The van der Waals surface area contributed by atoms with Gasteiger partial charge in [0, 0.05) is 12.6 Å². The molecule has 114 valence electrons. The second kappa shape index (κ2) is 10.9. The number of rotatable bonds is 11. The summed E-state index contributed by atoms with van der Waals surface area (Å²) in [6.07, 6.45) is 4.61. The second-order valence-corrected chi connectivity index (χ2v) is 5.68. The van der Waals surface area contributed by atoms with Crippen molar-refractivity contribution in [2.24, 2.45) is 5.92 Å². The first kappa shape index (κ1) is 17.2. The van der Waals surface area contributed by atoms with Crippen LogP contribution in [0.15, 0.2) is 30.3 Å². The summed E-state index contributed by atoms with van der Waals surface area (Å²) < 4.78 is 5.69. The zero-order valence-corrected chi connectivity index (χ0v) is 13.4. The lowest BCUT2D eigenvalue weighted by molar-refractivity contribution is 0.133. The van der Waals surface area contributed by atoms with Crippen LogP contribution in [-0.2, 0) is 11.2 Å². The Labute approximate surface area is 124 Å². The van der Waals surface area contributed by atoms with Gasteiger partial charge >= 0.3 is 0 Å². The van der Waals surface area contributed by atoms with Crippen LogP contribution in [0, 0.1) is 5.92 Å². The average Bonchev–Trinajstić information content (AvgIpc) is 2.49. The molecule has 0 unspecified atom stereocenters. The third kappa shape index (κ3) is 7.66. The van der Waals surface area contributed by atoms with Crippen LogP contribution in [0.25, 0.3) is 0 Å². The van der Waals surface area contributed by atoms with E-state index >= 15 is 0 Å². The lowest BCUT2D eigenvalue weighted by Gasteiger charge is -2.19. The van der Waals surface area contributed by atoms with E-state index < -0.39 is 0 Å². The first-order valence-electron chi connectivity index (χ1n) is 8.09. The zero-order valence-electron chi connectivity index (χ0n) is 13.4. The Bertz CT molecular complexity index is 325. The molecule has 0 spiro atoms. The van der Waals surface area contributed by atoms with Crippen molar-refractivity contribution in [1.82, 2.24) is 5.32 Å². The highest BCUT2D eigenvalue weighted by molar-refractivity contribution is 5.14. The molecule has 1 rings (SSSR count). The van der Waals surface area contributed by atoms with Crippen molar-refractivity contribution < 1.29 is 4.74 Å². The molecule has 0 bridgehead atoms. The molecule has 0 amide bonds. The lowest BCUT2D eigenvalue weighted by atomic mass is 10.0. The van der Waals surface area contributed by atoms with Gasteiger partial charge in [-0.3, -0.25) is 0 Å². The lowest BCUT2D eigenvalue weighted by Crippen LogP contribution is -2.32. The number of hydrogen-bond acceptors (Lipinski definition) is 2. The molecular weight excluding hydrogens is 246 g/mol. The summed E-state index contributed by atoms with van der Waals surface area (Å²) >= 11 is 0. The number of nitrogens with one attached hydrogen (secondary N) is 1. The van der Waals surface area contributed by atoms with Crippen molar-refractivity contribution in [3.63, 3.8) is 0 Å². The monoisotopic (exact) mass is 277 g/mol. The topological polar surface area (TPSA) is 21.3 Å². The first-order valence-corrected chi connectivity index (χ1v) is 8.09. The molecule has 0 saturated heterocycles. The third-order valence-electron chi connectivity index (χ3n) is 4.06. The summed E-state index contributed by atoms with van der Waals surface area (Å²) in [5.74, 6) is 0.761. The highest BCUT2D eigenvalue weighted by atomic mass is 16.5. The minimum absolute atomic E-state index is 0.624. The predicted octanol–water partition coefficient (Wildman–Crippen LogP) is 4.05. The highest BCUT2D eigenvalue weighted by Crippen LogP contribution is 2.06. The van der Waals surface area contributed by atoms with Gasteiger partial charge in [-0.15, -0.1) is 0 Å². The molecule has 1 N–H and O–H groups in total. The van der Waals surface area contributed by atoms with E-state index in [4.69, 9.17) is 4.74 Å². The van der Waals surface area contributed by atoms with Crippen LogP contribution >= 0.6 is 0 Å². The number of unbranched alkanes of at least 4 members (excludes halogenated alkanes) is 1. The Morgan fingerprint density at radius 2 is 1.80 bits per heavy atom. The fourth-order valence-corrected chi connectivity index (χ4v) is 2.15. The minimum atomic E-state index is 0.624. The van der Waals surface area contributed by atoms with Crippen LogP contribution < -0.4 is 5.32 Å². The van der Waals surface area contributed by atoms with Crippen molar-refractivity contribution >= 4 is 0 Å². The SMILES string of the molecule is CC[C@H](C)[C@@H](C)NCCCCOCCc1ccccc1. The number of hydrogen-bond donors (Lipinski definition) is 1. The molecule has 1 aromatic rings. The smallest absolute Gasteiger partial charge is 0.0506 e. The molecule has 0 aromatic heterocycles. The number of benzene rings is 1. The van der Waals surface area contributed by atoms with E-state index in [0.717, 1.165) is 38.5 Å². The fourth-order valence-electron chi connectivity index (χ4n) is 2.15. The van der Waals surface area contributed by atoms with Crippen LogP contribution in [0.2, 0.25) is 0 Å². The van der Waals surface area contributed by atoms with E-state index in [1.807, 2.05) is 0 Å². The zero-order chi connectivity index (χ0) is 14.6. The van der Waals surface area contributed by atoms with Gasteiger partial charge < -0.3 is 10.1 Å². The summed E-state index contributed by atoms with van der Waals surface area (Å²) in [5.41, 5.74) is 1.36. The summed E-state index contributed by atoms with van der Waals surface area (Å²) in [6, 6.07) is 11.2. The van der Waals surface area contributed by atoms with Crippen LogP contribution in [0.1, 0.15) is 45.6 Å². The molecular formula is C18H31NO. The normalized spacial score (nSPS) is 14.2. The van der Waals surface area contributed by atoms with E-state index in [2.05, 4.69) is 56.4 Å². The highest BCUT2D eigenvalue weighted by Gasteiger charge is 2.07. The van der Waals surface area contributed by atoms with Gasteiger partial charge in [0.25, 0.3) is 0 Å². The largest absolute Gasteiger partial charge is 0.381 e. The van der Waals surface area contributed by atoms with E-state index in [-0.39, 0.29) is 0 Å². The molecule has 0 saturated carbocycles. The van der Waals surface area contributed by atoms with Crippen LogP contribution in [0.4, 0.5) is 0 Å². The maximum Gasteiger partial charge on any atom is 0.0506 e. The fraction of sp³-hybridized carbons (Fsp3) is 0.667. The van der Waals surface area contributed by atoms with Gasteiger partial charge in [0.2, 0.25) is 0 Å². The Morgan fingerprint density at radius 3 is 2.50 bits per heavy atom. The van der Waals surface area contributed by atoms with Gasteiger partial charge in [0.15, 0.2) is 0 Å². The van der Waals surface area contributed by atoms with E-state index in [0.29, 0.717) is 6.04 Å². The Hall–Kier alpha value is -0.860. The first-order chi connectivity index (χ1) is 9.74. The predicted molar refractivity (Wildman–Crippen MR) is 87.1 cm³/mol. The summed E-state index contributed by atoms with van der Waals surface area (Å²) in [5, 5.41) is 3.59. The molecule has 0 radical (unpaired) electrons. The molecule has 0 aliphatic rings. The third-order valence-corrected chi connectivity index (χ3v) is 4.06. The molecule has 2 heteroatoms. The van der Waals surface area contributed by atoms with E-state index in [1.54, 1.807) is 0 Å². The Kier molecular flexibility index (Phi) is 9.35. The molecule has 2 nitrogen and oxygen atoms in total. The summed E-state index contributed by atoms with van der Waals surface area (Å²) in [6.45, 7) is 9.67.